The third kappa shape index (κ3) is 2.49. The molecule has 1 atom stereocenters. The molecule has 18 heavy (non-hydrogen) atoms. The molecule has 1 aromatic heterocycles. The summed E-state index contributed by atoms with van der Waals surface area (Å²) in [5.41, 5.74) is 7.30. The normalized spacial score (nSPS) is 12.2. The topological polar surface area (TPSA) is 42.1 Å². The summed E-state index contributed by atoms with van der Waals surface area (Å²) in [5, 5.41) is 0. The number of para-hydroxylation sites is 1. The Morgan fingerprint density at radius 2 is 2.00 bits per heavy atom. The maximum Gasteiger partial charge on any atom is 0.146 e. The van der Waals surface area contributed by atoms with Gasteiger partial charge in [0.15, 0.2) is 0 Å². The fraction of sp³-hybridized carbons (Fsp3) is 0.214. The second-order valence-corrected chi connectivity index (χ2v) is 4.25. The van der Waals surface area contributed by atoms with Crippen molar-refractivity contribution in [2.75, 3.05) is 11.9 Å². The van der Waals surface area contributed by atoms with E-state index in [1.54, 1.807) is 36.3 Å². The number of hydrogen-bond donors (Lipinski definition) is 1. The van der Waals surface area contributed by atoms with Gasteiger partial charge in [-0.25, -0.2) is 9.37 Å². The Kier molecular flexibility index (Phi) is 3.58. The Morgan fingerprint density at radius 3 is 2.67 bits per heavy atom. The van der Waals surface area contributed by atoms with Crippen LogP contribution in [0.2, 0.25) is 0 Å². The van der Waals surface area contributed by atoms with Crippen molar-refractivity contribution in [2.24, 2.45) is 5.73 Å². The molecule has 0 amide bonds. The quantitative estimate of drug-likeness (QED) is 0.903. The molecule has 0 fully saturated rings. The third-order valence-corrected chi connectivity index (χ3v) is 2.85. The second-order valence-electron chi connectivity index (χ2n) is 4.25. The first-order chi connectivity index (χ1) is 8.59. The predicted octanol–water partition coefficient (Wildman–Crippen LogP) is 3.01. The Bertz CT molecular complexity index is 540. The zero-order valence-corrected chi connectivity index (χ0v) is 10.5. The van der Waals surface area contributed by atoms with Crippen LogP contribution in [0, 0.1) is 5.82 Å². The van der Waals surface area contributed by atoms with Gasteiger partial charge in [-0.2, -0.15) is 0 Å². The van der Waals surface area contributed by atoms with Crippen LogP contribution >= 0.6 is 0 Å². The van der Waals surface area contributed by atoms with Crippen LogP contribution in [0.15, 0.2) is 42.6 Å². The van der Waals surface area contributed by atoms with E-state index in [-0.39, 0.29) is 11.9 Å². The van der Waals surface area contributed by atoms with E-state index < -0.39 is 0 Å². The first kappa shape index (κ1) is 12.5. The second kappa shape index (κ2) is 5.14. The number of anilines is 2. The van der Waals surface area contributed by atoms with Gasteiger partial charge in [-0.05, 0) is 36.8 Å². The van der Waals surface area contributed by atoms with Crippen LogP contribution in [-0.2, 0) is 0 Å². The number of pyridine rings is 1. The number of benzene rings is 1. The van der Waals surface area contributed by atoms with Crippen molar-refractivity contribution >= 4 is 11.5 Å². The SMILES string of the molecule is CC(N)c1ccnc(N(C)c2ccccc2F)c1. The molecule has 4 heteroatoms. The van der Waals surface area contributed by atoms with Crippen LogP contribution in [0.4, 0.5) is 15.9 Å². The lowest BCUT2D eigenvalue weighted by molar-refractivity contribution is 0.627. The number of rotatable bonds is 3. The van der Waals surface area contributed by atoms with Gasteiger partial charge in [0.05, 0.1) is 5.69 Å². The molecule has 0 spiro atoms. The molecule has 94 valence electrons. The average Bonchev–Trinajstić information content (AvgIpc) is 2.38. The van der Waals surface area contributed by atoms with Crippen LogP contribution in [0.25, 0.3) is 0 Å². The summed E-state index contributed by atoms with van der Waals surface area (Å²) in [6, 6.07) is 10.3. The van der Waals surface area contributed by atoms with Crippen molar-refractivity contribution in [3.63, 3.8) is 0 Å². The Balaban J connectivity index is 2.37. The van der Waals surface area contributed by atoms with Gasteiger partial charge in [-0.3, -0.25) is 0 Å². The minimum atomic E-state index is -0.270. The molecule has 0 bridgehead atoms. The standard InChI is InChI=1S/C14H16FN3/c1-10(16)11-7-8-17-14(9-11)18(2)13-6-4-3-5-12(13)15/h3-10H,16H2,1-2H3. The van der Waals surface area contributed by atoms with Crippen LogP contribution in [0.3, 0.4) is 0 Å². The molecule has 2 aromatic rings. The molecule has 0 radical (unpaired) electrons. The summed E-state index contributed by atoms with van der Waals surface area (Å²) in [4.78, 5) is 5.95. The van der Waals surface area contributed by atoms with Gasteiger partial charge >= 0.3 is 0 Å². The lowest BCUT2D eigenvalue weighted by Crippen LogP contribution is -2.14. The van der Waals surface area contributed by atoms with E-state index in [2.05, 4.69) is 4.98 Å². The first-order valence-corrected chi connectivity index (χ1v) is 5.79. The van der Waals surface area contributed by atoms with Crippen molar-refractivity contribution in [1.82, 2.24) is 4.98 Å². The Hall–Kier alpha value is -1.94. The minimum Gasteiger partial charge on any atom is -0.327 e. The Morgan fingerprint density at radius 1 is 1.28 bits per heavy atom. The summed E-state index contributed by atoms with van der Waals surface area (Å²) in [7, 11) is 1.78. The highest BCUT2D eigenvalue weighted by molar-refractivity contribution is 5.60. The molecule has 0 aliphatic carbocycles. The molecule has 2 rings (SSSR count). The summed E-state index contributed by atoms with van der Waals surface area (Å²) in [6.07, 6.45) is 1.69. The highest BCUT2D eigenvalue weighted by Crippen LogP contribution is 2.25. The maximum absolute atomic E-state index is 13.7. The molecular weight excluding hydrogens is 229 g/mol. The van der Waals surface area contributed by atoms with Crippen molar-refractivity contribution in [2.45, 2.75) is 13.0 Å². The molecule has 0 saturated heterocycles. The van der Waals surface area contributed by atoms with Crippen molar-refractivity contribution < 1.29 is 4.39 Å². The molecule has 2 N–H and O–H groups in total. The monoisotopic (exact) mass is 245 g/mol. The number of halogens is 1. The minimum absolute atomic E-state index is 0.0687. The number of hydrogen-bond acceptors (Lipinski definition) is 3. The van der Waals surface area contributed by atoms with Crippen LogP contribution in [0.5, 0.6) is 0 Å². The molecule has 3 nitrogen and oxygen atoms in total. The van der Waals surface area contributed by atoms with Gasteiger partial charge in [0.1, 0.15) is 11.6 Å². The first-order valence-electron chi connectivity index (χ1n) is 5.79. The van der Waals surface area contributed by atoms with E-state index in [1.807, 2.05) is 19.1 Å². The molecule has 0 aliphatic heterocycles. The fourth-order valence-electron chi connectivity index (χ4n) is 1.75. The fourth-order valence-corrected chi connectivity index (χ4v) is 1.75. The van der Waals surface area contributed by atoms with E-state index in [0.29, 0.717) is 11.5 Å². The molecular formula is C14H16FN3. The van der Waals surface area contributed by atoms with Gasteiger partial charge in [0.2, 0.25) is 0 Å². The van der Waals surface area contributed by atoms with E-state index in [1.165, 1.54) is 6.07 Å². The summed E-state index contributed by atoms with van der Waals surface area (Å²) in [5.74, 6) is 0.405. The summed E-state index contributed by atoms with van der Waals surface area (Å²) in [6.45, 7) is 1.90. The van der Waals surface area contributed by atoms with Crippen molar-refractivity contribution in [3.05, 3.63) is 54.0 Å². The Labute approximate surface area is 106 Å². The van der Waals surface area contributed by atoms with E-state index in [0.717, 1.165) is 5.56 Å². The number of nitrogens with zero attached hydrogens (tertiary/aromatic N) is 2. The zero-order valence-electron chi connectivity index (χ0n) is 10.5. The largest absolute Gasteiger partial charge is 0.327 e. The van der Waals surface area contributed by atoms with Crippen molar-refractivity contribution in [1.29, 1.82) is 0 Å². The zero-order chi connectivity index (χ0) is 13.1. The number of nitrogens with two attached hydrogens (primary N) is 1. The third-order valence-electron chi connectivity index (χ3n) is 2.85. The highest BCUT2D eigenvalue weighted by Gasteiger charge is 2.11. The van der Waals surface area contributed by atoms with E-state index in [4.69, 9.17) is 5.73 Å². The van der Waals surface area contributed by atoms with Gasteiger partial charge in [-0.15, -0.1) is 0 Å². The van der Waals surface area contributed by atoms with Gasteiger partial charge in [0.25, 0.3) is 0 Å². The number of aromatic nitrogens is 1. The van der Waals surface area contributed by atoms with Gasteiger partial charge in [0, 0.05) is 19.3 Å². The van der Waals surface area contributed by atoms with E-state index in [9.17, 15) is 4.39 Å². The van der Waals surface area contributed by atoms with Gasteiger partial charge in [-0.1, -0.05) is 12.1 Å². The lowest BCUT2D eigenvalue weighted by atomic mass is 10.1. The average molecular weight is 245 g/mol. The molecule has 1 heterocycles. The van der Waals surface area contributed by atoms with E-state index >= 15 is 0 Å². The molecule has 1 aromatic carbocycles. The molecule has 0 aliphatic rings. The lowest BCUT2D eigenvalue weighted by Gasteiger charge is -2.20. The summed E-state index contributed by atoms with van der Waals surface area (Å²) >= 11 is 0. The van der Waals surface area contributed by atoms with Crippen LogP contribution in [-0.4, -0.2) is 12.0 Å². The summed E-state index contributed by atoms with van der Waals surface area (Å²) < 4.78 is 13.7. The van der Waals surface area contributed by atoms with Gasteiger partial charge < -0.3 is 10.6 Å². The van der Waals surface area contributed by atoms with Crippen molar-refractivity contribution in [3.8, 4) is 0 Å². The predicted molar refractivity (Wildman–Crippen MR) is 71.3 cm³/mol. The maximum atomic E-state index is 13.7. The molecule has 0 saturated carbocycles. The van der Waals surface area contributed by atoms with Crippen LogP contribution in [0.1, 0.15) is 18.5 Å². The molecule has 1 unspecified atom stereocenters. The smallest absolute Gasteiger partial charge is 0.146 e. The van der Waals surface area contributed by atoms with Crippen LogP contribution < -0.4 is 10.6 Å². The highest BCUT2D eigenvalue weighted by atomic mass is 19.1.